The first-order chi connectivity index (χ1) is 7.94. The number of rotatable bonds is 4. The van der Waals surface area contributed by atoms with Gasteiger partial charge in [-0.05, 0) is 51.6 Å². The molecule has 0 aromatic rings. The lowest BCUT2D eigenvalue weighted by Crippen LogP contribution is -2.36. The molecule has 0 aliphatic carbocycles. The predicted molar refractivity (Wildman–Crippen MR) is 69.9 cm³/mol. The van der Waals surface area contributed by atoms with Crippen molar-refractivity contribution in [2.75, 3.05) is 19.7 Å². The van der Waals surface area contributed by atoms with E-state index < -0.39 is 0 Å². The van der Waals surface area contributed by atoms with Gasteiger partial charge in [-0.1, -0.05) is 13.8 Å². The Hall–Kier alpha value is -0.570. The normalized spacial score (nSPS) is 22.8. The van der Waals surface area contributed by atoms with Crippen molar-refractivity contribution < 1.29 is 9.53 Å². The molecule has 17 heavy (non-hydrogen) atoms. The first-order valence-electron chi connectivity index (χ1n) is 6.84. The molecule has 100 valence electrons. The van der Waals surface area contributed by atoms with Gasteiger partial charge in [0.25, 0.3) is 0 Å². The molecular weight excluding hydrogens is 214 g/mol. The van der Waals surface area contributed by atoms with Gasteiger partial charge in [0.1, 0.15) is 0 Å². The maximum atomic E-state index is 11.5. The topological polar surface area (TPSA) is 29.5 Å². The third-order valence-electron chi connectivity index (χ3n) is 3.77. The second kappa shape index (κ2) is 6.39. The Bertz CT molecular complexity index is 251. The molecule has 1 rings (SSSR count). The van der Waals surface area contributed by atoms with E-state index >= 15 is 0 Å². The van der Waals surface area contributed by atoms with E-state index in [0.29, 0.717) is 24.5 Å². The summed E-state index contributed by atoms with van der Waals surface area (Å²) < 4.78 is 5.01. The highest BCUT2D eigenvalue weighted by Crippen LogP contribution is 2.30. The fourth-order valence-corrected chi connectivity index (χ4v) is 2.47. The molecule has 3 heteroatoms. The molecular formula is C14H27NO2. The minimum Gasteiger partial charge on any atom is -0.466 e. The number of ether oxygens (including phenoxy) is 1. The first-order valence-corrected chi connectivity index (χ1v) is 6.84. The summed E-state index contributed by atoms with van der Waals surface area (Å²) in [7, 11) is 0. The molecule has 0 amide bonds. The summed E-state index contributed by atoms with van der Waals surface area (Å²) in [5, 5.41) is 0. The molecule has 0 aromatic carbocycles. The summed E-state index contributed by atoms with van der Waals surface area (Å²) in [6, 6.07) is 0.308. The van der Waals surface area contributed by atoms with E-state index in [1.165, 1.54) is 19.3 Å². The van der Waals surface area contributed by atoms with E-state index in [4.69, 9.17) is 4.74 Å². The van der Waals surface area contributed by atoms with Crippen LogP contribution in [0.25, 0.3) is 0 Å². The number of esters is 1. The van der Waals surface area contributed by atoms with Crippen LogP contribution < -0.4 is 0 Å². The Balaban J connectivity index is 2.41. The molecule has 0 spiro atoms. The average Bonchev–Trinajstić information content (AvgIpc) is 2.39. The van der Waals surface area contributed by atoms with Crippen LogP contribution >= 0.6 is 0 Å². The fourth-order valence-electron chi connectivity index (χ4n) is 2.47. The maximum Gasteiger partial charge on any atom is 0.307 e. The van der Waals surface area contributed by atoms with Crippen molar-refractivity contribution in [1.82, 2.24) is 4.90 Å². The summed E-state index contributed by atoms with van der Waals surface area (Å²) in [6.07, 6.45) is 4.27. The van der Waals surface area contributed by atoms with Crippen molar-refractivity contribution in [1.29, 1.82) is 0 Å². The van der Waals surface area contributed by atoms with Crippen LogP contribution in [0.4, 0.5) is 0 Å². The third-order valence-corrected chi connectivity index (χ3v) is 3.77. The second-order valence-electron chi connectivity index (χ2n) is 5.91. The summed E-state index contributed by atoms with van der Waals surface area (Å²) in [5.41, 5.74) is 0.457. The molecule has 1 aliphatic rings. The molecule has 0 saturated carbocycles. The Morgan fingerprint density at radius 2 is 2.06 bits per heavy atom. The number of likely N-dealkylation sites (tertiary alicyclic amines) is 1. The predicted octanol–water partition coefficient (Wildman–Crippen LogP) is 2.84. The Morgan fingerprint density at radius 1 is 1.35 bits per heavy atom. The Kier molecular flexibility index (Phi) is 5.44. The van der Waals surface area contributed by atoms with Crippen molar-refractivity contribution >= 4 is 5.97 Å². The summed E-state index contributed by atoms with van der Waals surface area (Å²) in [4.78, 5) is 13.9. The summed E-state index contributed by atoms with van der Waals surface area (Å²) >= 11 is 0. The molecule has 1 heterocycles. The van der Waals surface area contributed by atoms with Crippen LogP contribution in [0.3, 0.4) is 0 Å². The zero-order valence-electron chi connectivity index (χ0n) is 11.8. The van der Waals surface area contributed by atoms with Crippen LogP contribution in [-0.4, -0.2) is 36.6 Å². The minimum absolute atomic E-state index is 0.0662. The van der Waals surface area contributed by atoms with E-state index in [-0.39, 0.29) is 5.97 Å². The van der Waals surface area contributed by atoms with E-state index in [1.807, 2.05) is 6.92 Å². The lowest BCUT2D eigenvalue weighted by molar-refractivity contribution is -0.144. The van der Waals surface area contributed by atoms with Crippen LogP contribution in [0.15, 0.2) is 0 Å². The quantitative estimate of drug-likeness (QED) is 0.709. The number of carbonyl (C=O) groups excluding carboxylic acids is 1. The van der Waals surface area contributed by atoms with Crippen molar-refractivity contribution in [3.05, 3.63) is 0 Å². The van der Waals surface area contributed by atoms with Crippen molar-refractivity contribution in [3.8, 4) is 0 Å². The highest BCUT2D eigenvalue weighted by Gasteiger charge is 2.26. The van der Waals surface area contributed by atoms with E-state index in [2.05, 4.69) is 25.7 Å². The standard InChI is InChI=1S/C14H27NO2/c1-5-17-13(16)11-12(2)15-9-6-7-14(3,4)8-10-15/h12H,5-11H2,1-4H3. The molecule has 0 N–H and O–H groups in total. The molecule has 0 aromatic heterocycles. The number of carbonyl (C=O) groups is 1. The highest BCUT2D eigenvalue weighted by molar-refractivity contribution is 5.70. The van der Waals surface area contributed by atoms with Gasteiger partial charge in [0.2, 0.25) is 0 Å². The highest BCUT2D eigenvalue weighted by atomic mass is 16.5. The molecule has 1 aliphatic heterocycles. The monoisotopic (exact) mass is 241 g/mol. The lowest BCUT2D eigenvalue weighted by Gasteiger charge is -2.28. The largest absolute Gasteiger partial charge is 0.466 e. The SMILES string of the molecule is CCOC(=O)CC(C)N1CCCC(C)(C)CC1. The van der Waals surface area contributed by atoms with Gasteiger partial charge in [0, 0.05) is 6.04 Å². The van der Waals surface area contributed by atoms with Crippen LogP contribution in [0, 0.1) is 5.41 Å². The molecule has 1 fully saturated rings. The zero-order chi connectivity index (χ0) is 12.9. The lowest BCUT2D eigenvalue weighted by atomic mass is 9.85. The van der Waals surface area contributed by atoms with Gasteiger partial charge in [-0.3, -0.25) is 4.79 Å². The van der Waals surface area contributed by atoms with Gasteiger partial charge in [-0.2, -0.15) is 0 Å². The maximum absolute atomic E-state index is 11.5. The molecule has 0 bridgehead atoms. The van der Waals surface area contributed by atoms with E-state index in [9.17, 15) is 4.79 Å². The molecule has 1 unspecified atom stereocenters. The van der Waals surface area contributed by atoms with Crippen LogP contribution in [0.1, 0.15) is 53.4 Å². The first kappa shape index (κ1) is 14.5. The van der Waals surface area contributed by atoms with Crippen molar-refractivity contribution in [3.63, 3.8) is 0 Å². The Labute approximate surface area is 106 Å². The Morgan fingerprint density at radius 3 is 2.71 bits per heavy atom. The number of hydrogen-bond acceptors (Lipinski definition) is 3. The van der Waals surface area contributed by atoms with Gasteiger partial charge in [0.05, 0.1) is 13.0 Å². The molecule has 1 saturated heterocycles. The minimum atomic E-state index is -0.0662. The van der Waals surface area contributed by atoms with E-state index in [1.54, 1.807) is 0 Å². The van der Waals surface area contributed by atoms with Crippen molar-refractivity contribution in [2.24, 2.45) is 5.41 Å². The van der Waals surface area contributed by atoms with E-state index in [0.717, 1.165) is 13.1 Å². The second-order valence-corrected chi connectivity index (χ2v) is 5.91. The van der Waals surface area contributed by atoms with Gasteiger partial charge >= 0.3 is 5.97 Å². The van der Waals surface area contributed by atoms with Crippen LogP contribution in [-0.2, 0) is 9.53 Å². The van der Waals surface area contributed by atoms with Crippen molar-refractivity contribution in [2.45, 2.75) is 59.4 Å². The van der Waals surface area contributed by atoms with Crippen LogP contribution in [0.5, 0.6) is 0 Å². The van der Waals surface area contributed by atoms with Gasteiger partial charge in [-0.25, -0.2) is 0 Å². The summed E-state index contributed by atoms with van der Waals surface area (Å²) in [6.45, 7) is 11.4. The average molecular weight is 241 g/mol. The fraction of sp³-hybridized carbons (Fsp3) is 0.929. The van der Waals surface area contributed by atoms with Gasteiger partial charge < -0.3 is 9.64 Å². The summed E-state index contributed by atoms with van der Waals surface area (Å²) in [5.74, 6) is -0.0662. The van der Waals surface area contributed by atoms with Gasteiger partial charge in [0.15, 0.2) is 0 Å². The van der Waals surface area contributed by atoms with Crippen LogP contribution in [0.2, 0.25) is 0 Å². The number of nitrogens with zero attached hydrogens (tertiary/aromatic N) is 1. The number of hydrogen-bond donors (Lipinski definition) is 0. The third kappa shape index (κ3) is 5.07. The smallest absolute Gasteiger partial charge is 0.307 e. The molecule has 1 atom stereocenters. The zero-order valence-corrected chi connectivity index (χ0v) is 11.8. The molecule has 3 nitrogen and oxygen atoms in total. The molecule has 0 radical (unpaired) electrons. The van der Waals surface area contributed by atoms with Gasteiger partial charge in [-0.15, -0.1) is 0 Å².